The van der Waals surface area contributed by atoms with Crippen LogP contribution in [0.15, 0.2) is 5.38 Å². The highest BCUT2D eigenvalue weighted by atomic mass is 32.1. The van der Waals surface area contributed by atoms with Crippen LogP contribution >= 0.6 is 11.3 Å². The molecule has 1 atom stereocenters. The summed E-state index contributed by atoms with van der Waals surface area (Å²) in [6.07, 6.45) is 0.818. The van der Waals surface area contributed by atoms with Crippen molar-refractivity contribution in [2.45, 2.75) is 31.8 Å². The van der Waals surface area contributed by atoms with Crippen molar-refractivity contribution in [3.8, 4) is 5.75 Å². The van der Waals surface area contributed by atoms with Gasteiger partial charge in [0.2, 0.25) is 11.8 Å². The zero-order valence-corrected chi connectivity index (χ0v) is 12.5. The van der Waals surface area contributed by atoms with E-state index < -0.39 is 5.54 Å². The third kappa shape index (κ3) is 1.89. The average Bonchev–Trinajstić information content (AvgIpc) is 2.93. The summed E-state index contributed by atoms with van der Waals surface area (Å²) in [6, 6.07) is 0. The molecule has 1 fully saturated rings. The van der Waals surface area contributed by atoms with Gasteiger partial charge in [-0.2, -0.15) is 0 Å². The molecule has 7 heteroatoms. The third-order valence-electron chi connectivity index (χ3n) is 3.88. The van der Waals surface area contributed by atoms with E-state index in [0.29, 0.717) is 19.4 Å². The normalized spacial score (nSPS) is 26.1. The molecular weight excluding hydrogens is 278 g/mol. The van der Waals surface area contributed by atoms with Gasteiger partial charge in [-0.15, -0.1) is 16.4 Å². The van der Waals surface area contributed by atoms with Crippen LogP contribution < -0.4 is 15.1 Å². The first kappa shape index (κ1) is 13.4. The Morgan fingerprint density at radius 3 is 2.85 bits per heavy atom. The van der Waals surface area contributed by atoms with Crippen LogP contribution in [0.5, 0.6) is 5.75 Å². The minimum atomic E-state index is -0.797. The Bertz CT molecular complexity index is 583. The Morgan fingerprint density at radius 2 is 2.20 bits per heavy atom. The number of amides is 2. The highest BCUT2D eigenvalue weighted by Gasteiger charge is 2.48. The number of fused-ring (bicyclic) bond motifs is 1. The van der Waals surface area contributed by atoms with Gasteiger partial charge in [0.05, 0.1) is 11.5 Å². The zero-order valence-electron chi connectivity index (χ0n) is 11.7. The van der Waals surface area contributed by atoms with Gasteiger partial charge in [-0.25, -0.2) is 0 Å². The molecule has 1 saturated heterocycles. The van der Waals surface area contributed by atoms with Crippen LogP contribution in [-0.2, 0) is 16.1 Å². The summed E-state index contributed by atoms with van der Waals surface area (Å²) < 4.78 is 0. The fourth-order valence-electron chi connectivity index (χ4n) is 2.56. The second-order valence-electron chi connectivity index (χ2n) is 5.56. The predicted octanol–water partition coefficient (Wildman–Crippen LogP) is 1.12. The standard InChI is InChI=1S/C13H17N3O3S/c1-13(5-4-10(17)14-12(13)18)16-6-8-9(19-16)7-20-11(8)15(2)3/h7H,4-6H2,1-3H3,(H,14,17,18). The fourth-order valence-corrected chi connectivity index (χ4v) is 3.48. The second kappa shape index (κ2) is 4.46. The number of rotatable bonds is 2. The summed E-state index contributed by atoms with van der Waals surface area (Å²) in [5.41, 5.74) is 0.305. The van der Waals surface area contributed by atoms with E-state index in [1.54, 1.807) is 16.4 Å². The topological polar surface area (TPSA) is 61.9 Å². The molecule has 2 aliphatic rings. The Balaban J connectivity index is 1.84. The molecule has 2 aliphatic heterocycles. The molecule has 0 saturated carbocycles. The van der Waals surface area contributed by atoms with E-state index in [1.165, 1.54) is 0 Å². The van der Waals surface area contributed by atoms with Crippen molar-refractivity contribution >= 4 is 28.2 Å². The first-order valence-electron chi connectivity index (χ1n) is 6.49. The molecule has 0 radical (unpaired) electrons. The van der Waals surface area contributed by atoms with Crippen LogP contribution in [0, 0.1) is 0 Å². The molecule has 108 valence electrons. The van der Waals surface area contributed by atoms with E-state index >= 15 is 0 Å². The monoisotopic (exact) mass is 295 g/mol. The molecule has 2 amide bonds. The van der Waals surface area contributed by atoms with Crippen molar-refractivity contribution in [2.24, 2.45) is 0 Å². The molecule has 20 heavy (non-hydrogen) atoms. The summed E-state index contributed by atoms with van der Waals surface area (Å²) >= 11 is 1.63. The summed E-state index contributed by atoms with van der Waals surface area (Å²) in [5, 5.41) is 7.19. The van der Waals surface area contributed by atoms with Gasteiger partial charge in [0.25, 0.3) is 0 Å². The molecule has 0 aliphatic carbocycles. The van der Waals surface area contributed by atoms with Crippen LogP contribution in [-0.4, -0.2) is 36.5 Å². The summed E-state index contributed by atoms with van der Waals surface area (Å²) in [6.45, 7) is 2.38. The highest BCUT2D eigenvalue weighted by molar-refractivity contribution is 7.14. The molecule has 6 nitrogen and oxygen atoms in total. The van der Waals surface area contributed by atoms with Crippen molar-refractivity contribution in [3.63, 3.8) is 0 Å². The lowest BCUT2D eigenvalue weighted by Gasteiger charge is -2.37. The molecule has 0 bridgehead atoms. The van der Waals surface area contributed by atoms with Gasteiger partial charge < -0.3 is 9.74 Å². The van der Waals surface area contributed by atoms with Crippen LogP contribution in [0.25, 0.3) is 0 Å². The lowest BCUT2D eigenvalue weighted by molar-refractivity contribution is -0.169. The van der Waals surface area contributed by atoms with Crippen LogP contribution in [0.4, 0.5) is 5.00 Å². The first-order chi connectivity index (χ1) is 9.41. The number of carbonyl (C=O) groups is 2. The predicted molar refractivity (Wildman–Crippen MR) is 75.6 cm³/mol. The second-order valence-corrected chi connectivity index (χ2v) is 6.42. The van der Waals surface area contributed by atoms with Crippen LogP contribution in [0.3, 0.4) is 0 Å². The number of hydroxylamine groups is 2. The largest absolute Gasteiger partial charge is 0.403 e. The molecule has 0 spiro atoms. The van der Waals surface area contributed by atoms with Crippen LogP contribution in [0.1, 0.15) is 25.3 Å². The molecule has 0 aromatic carbocycles. The van der Waals surface area contributed by atoms with Gasteiger partial charge in [0, 0.05) is 31.5 Å². The highest BCUT2D eigenvalue weighted by Crippen LogP contribution is 2.44. The number of piperidine rings is 1. The lowest BCUT2D eigenvalue weighted by atomic mass is 9.90. The van der Waals surface area contributed by atoms with Gasteiger partial charge >= 0.3 is 0 Å². The van der Waals surface area contributed by atoms with Crippen molar-refractivity contribution < 1.29 is 14.4 Å². The average molecular weight is 295 g/mol. The molecule has 3 heterocycles. The number of anilines is 1. The Morgan fingerprint density at radius 1 is 1.45 bits per heavy atom. The lowest BCUT2D eigenvalue weighted by Crippen LogP contribution is -2.60. The number of imide groups is 1. The Kier molecular flexibility index (Phi) is 2.98. The van der Waals surface area contributed by atoms with Gasteiger partial charge in [-0.1, -0.05) is 0 Å². The first-order valence-corrected chi connectivity index (χ1v) is 7.37. The van der Waals surface area contributed by atoms with E-state index in [2.05, 4.69) is 5.32 Å². The summed E-state index contributed by atoms with van der Waals surface area (Å²) in [4.78, 5) is 31.3. The maximum atomic E-state index is 12.1. The van der Waals surface area contributed by atoms with Crippen molar-refractivity contribution in [2.75, 3.05) is 19.0 Å². The van der Waals surface area contributed by atoms with Crippen molar-refractivity contribution in [1.82, 2.24) is 10.4 Å². The van der Waals surface area contributed by atoms with Gasteiger partial charge in [0.15, 0.2) is 5.75 Å². The molecule has 1 aromatic rings. The summed E-state index contributed by atoms with van der Waals surface area (Å²) in [7, 11) is 3.98. The number of hydrogen-bond acceptors (Lipinski definition) is 6. The van der Waals surface area contributed by atoms with Gasteiger partial charge in [0.1, 0.15) is 5.54 Å². The number of hydrogen-bond donors (Lipinski definition) is 1. The minimum absolute atomic E-state index is 0.213. The van der Waals surface area contributed by atoms with Crippen molar-refractivity contribution in [3.05, 3.63) is 10.9 Å². The van der Waals surface area contributed by atoms with E-state index in [-0.39, 0.29) is 11.8 Å². The smallest absolute Gasteiger partial charge is 0.250 e. The molecule has 1 unspecified atom stereocenters. The van der Waals surface area contributed by atoms with E-state index in [4.69, 9.17) is 4.84 Å². The zero-order chi connectivity index (χ0) is 14.5. The minimum Gasteiger partial charge on any atom is -0.403 e. The number of carbonyl (C=O) groups excluding carboxylic acids is 2. The van der Waals surface area contributed by atoms with Crippen LogP contribution in [0.2, 0.25) is 0 Å². The van der Waals surface area contributed by atoms with E-state index in [9.17, 15) is 9.59 Å². The van der Waals surface area contributed by atoms with Crippen molar-refractivity contribution in [1.29, 1.82) is 0 Å². The third-order valence-corrected chi connectivity index (χ3v) is 5.05. The maximum Gasteiger partial charge on any atom is 0.250 e. The van der Waals surface area contributed by atoms with E-state index in [0.717, 1.165) is 16.3 Å². The number of nitrogens with zero attached hydrogens (tertiary/aromatic N) is 2. The summed E-state index contributed by atoms with van der Waals surface area (Å²) in [5.74, 6) is 0.313. The Hall–Kier alpha value is -1.60. The maximum absolute atomic E-state index is 12.1. The molecule has 1 aromatic heterocycles. The van der Waals surface area contributed by atoms with Gasteiger partial charge in [-0.3, -0.25) is 14.9 Å². The molecule has 1 N–H and O–H groups in total. The van der Waals surface area contributed by atoms with E-state index in [1.807, 2.05) is 31.3 Å². The molecular formula is C13H17N3O3S. The number of nitrogens with one attached hydrogen (secondary N) is 1. The fraction of sp³-hybridized carbons (Fsp3) is 0.538. The van der Waals surface area contributed by atoms with Gasteiger partial charge in [-0.05, 0) is 13.3 Å². The Labute approximate surface area is 121 Å². The quantitative estimate of drug-likeness (QED) is 0.829. The number of thiophene rings is 1. The molecule has 3 rings (SSSR count). The SMILES string of the molecule is CN(C)c1scc2c1CN(C1(C)CCC(=O)NC1=O)O2.